The number of carboxylic acids is 1. The van der Waals surface area contributed by atoms with Crippen LogP contribution in [0, 0.1) is 5.92 Å². The molecule has 3 rings (SSSR count). The van der Waals surface area contributed by atoms with Crippen LogP contribution in [0.4, 0.5) is 10.5 Å². The molecular weight excluding hydrogens is 444 g/mol. The summed E-state index contributed by atoms with van der Waals surface area (Å²) in [7, 11) is 0. The number of carbonyl (C=O) groups excluding carboxylic acids is 1. The van der Waals surface area contributed by atoms with Crippen molar-refractivity contribution in [1.82, 2.24) is 4.90 Å². The Morgan fingerprint density at radius 1 is 1.15 bits per heavy atom. The van der Waals surface area contributed by atoms with Gasteiger partial charge in [-0.25, -0.2) is 9.59 Å². The summed E-state index contributed by atoms with van der Waals surface area (Å²) in [5, 5.41) is 12.8. The van der Waals surface area contributed by atoms with Crippen LogP contribution in [0.1, 0.15) is 31.7 Å². The van der Waals surface area contributed by atoms with E-state index in [2.05, 4.69) is 5.32 Å². The first-order chi connectivity index (χ1) is 15.9. The summed E-state index contributed by atoms with van der Waals surface area (Å²) in [5.41, 5.74) is 1.56. The van der Waals surface area contributed by atoms with Gasteiger partial charge in [-0.05, 0) is 67.6 Å². The smallest absolute Gasteiger partial charge is 0.333 e. The number of rotatable bonds is 12. The predicted molar refractivity (Wildman–Crippen MR) is 128 cm³/mol. The summed E-state index contributed by atoms with van der Waals surface area (Å²) >= 11 is 5.92. The molecule has 2 aromatic rings. The zero-order valence-corrected chi connectivity index (χ0v) is 19.6. The van der Waals surface area contributed by atoms with E-state index < -0.39 is 12.1 Å². The van der Waals surface area contributed by atoms with E-state index in [1.54, 1.807) is 36.1 Å². The minimum Gasteiger partial charge on any atom is -0.492 e. The van der Waals surface area contributed by atoms with Gasteiger partial charge in [0, 0.05) is 30.3 Å². The van der Waals surface area contributed by atoms with E-state index in [9.17, 15) is 14.7 Å². The summed E-state index contributed by atoms with van der Waals surface area (Å²) in [6, 6.07) is 14.2. The number of nitrogens with one attached hydrogen (secondary N) is 1. The molecule has 2 amide bonds. The molecule has 0 aliphatic heterocycles. The van der Waals surface area contributed by atoms with Crippen LogP contribution in [0.25, 0.3) is 0 Å². The molecular formula is C25H31ClN2O5. The lowest BCUT2D eigenvalue weighted by Gasteiger charge is -2.32. The van der Waals surface area contributed by atoms with Gasteiger partial charge in [-0.15, -0.1) is 0 Å². The normalized spacial score (nSPS) is 14.2. The number of nitrogens with zero attached hydrogens (tertiary/aromatic N) is 1. The van der Waals surface area contributed by atoms with Crippen LogP contribution in [0.2, 0.25) is 5.02 Å². The molecule has 0 aromatic heterocycles. The van der Waals surface area contributed by atoms with Gasteiger partial charge in [0.2, 0.25) is 0 Å². The number of aliphatic carboxylic acids is 1. The highest BCUT2D eigenvalue weighted by atomic mass is 35.5. The molecule has 7 nitrogen and oxygen atoms in total. The molecule has 0 saturated heterocycles. The van der Waals surface area contributed by atoms with Gasteiger partial charge >= 0.3 is 12.0 Å². The first-order valence-electron chi connectivity index (χ1n) is 11.3. The molecule has 1 atom stereocenters. The van der Waals surface area contributed by atoms with Gasteiger partial charge in [0.15, 0.2) is 6.10 Å². The lowest BCUT2D eigenvalue weighted by Crippen LogP contribution is -2.42. The molecule has 2 N–H and O–H groups in total. The van der Waals surface area contributed by atoms with Gasteiger partial charge in [-0.1, -0.05) is 30.2 Å². The zero-order chi connectivity index (χ0) is 23.6. The van der Waals surface area contributed by atoms with Gasteiger partial charge in [-0.3, -0.25) is 0 Å². The summed E-state index contributed by atoms with van der Waals surface area (Å²) in [5.74, 6) is 0.233. The van der Waals surface area contributed by atoms with Gasteiger partial charge in [-0.2, -0.15) is 0 Å². The molecule has 2 aromatic carbocycles. The number of hydrogen-bond acceptors (Lipinski definition) is 4. The number of hydrogen-bond donors (Lipinski definition) is 2. The minimum absolute atomic E-state index is 0.154. The van der Waals surface area contributed by atoms with Crippen LogP contribution >= 0.6 is 11.6 Å². The topological polar surface area (TPSA) is 88.1 Å². The molecule has 1 fully saturated rings. The Morgan fingerprint density at radius 3 is 2.42 bits per heavy atom. The Bertz CT molecular complexity index is 900. The SMILES string of the molecule is CCOC(Cc1ccc(OCCN(CC2CCC2)C(=O)Nc2ccc(Cl)cc2)cc1)C(=O)O. The van der Waals surface area contributed by atoms with Crippen LogP contribution < -0.4 is 10.1 Å². The largest absolute Gasteiger partial charge is 0.492 e. The van der Waals surface area contributed by atoms with Crippen LogP contribution in [0.15, 0.2) is 48.5 Å². The third kappa shape index (κ3) is 7.94. The Hall–Kier alpha value is -2.77. The molecule has 8 heteroatoms. The molecule has 1 aliphatic rings. The average molecular weight is 475 g/mol. The predicted octanol–water partition coefficient (Wildman–Crippen LogP) is 5.09. The lowest BCUT2D eigenvalue weighted by molar-refractivity contribution is -0.149. The van der Waals surface area contributed by atoms with Crippen molar-refractivity contribution in [3.63, 3.8) is 0 Å². The average Bonchev–Trinajstić information content (AvgIpc) is 2.77. The van der Waals surface area contributed by atoms with Crippen molar-refractivity contribution >= 4 is 29.3 Å². The number of amides is 2. The third-order valence-electron chi connectivity index (χ3n) is 5.70. The second-order valence-corrected chi connectivity index (χ2v) is 8.60. The molecule has 0 spiro atoms. The van der Waals surface area contributed by atoms with Crippen molar-refractivity contribution < 1.29 is 24.2 Å². The highest BCUT2D eigenvalue weighted by Gasteiger charge is 2.24. The van der Waals surface area contributed by atoms with Crippen molar-refractivity contribution in [1.29, 1.82) is 0 Å². The van der Waals surface area contributed by atoms with Crippen LogP contribution in [0.3, 0.4) is 0 Å². The number of urea groups is 1. The molecule has 0 bridgehead atoms. The van der Waals surface area contributed by atoms with Gasteiger partial charge < -0.3 is 24.8 Å². The Morgan fingerprint density at radius 2 is 1.85 bits per heavy atom. The number of halogens is 1. The number of carboxylic acid groups (broad SMARTS) is 1. The molecule has 1 unspecified atom stereocenters. The number of benzene rings is 2. The van der Waals surface area contributed by atoms with Crippen molar-refractivity contribution in [3.8, 4) is 5.75 Å². The standard InChI is InChI=1S/C25H31ClN2O5/c1-2-32-23(24(29)30)16-18-6-12-22(13-7-18)33-15-14-28(17-19-4-3-5-19)25(31)27-21-10-8-20(26)9-11-21/h6-13,19,23H,2-5,14-17H2,1H3,(H,27,31)(H,29,30). The quantitative estimate of drug-likeness (QED) is 0.447. The molecule has 0 heterocycles. The second-order valence-electron chi connectivity index (χ2n) is 8.16. The molecule has 0 radical (unpaired) electrons. The van der Waals surface area contributed by atoms with Crippen molar-refractivity contribution in [2.45, 2.75) is 38.7 Å². The molecule has 1 aliphatic carbocycles. The van der Waals surface area contributed by atoms with E-state index in [-0.39, 0.29) is 6.03 Å². The van der Waals surface area contributed by atoms with Crippen LogP contribution in [-0.2, 0) is 16.0 Å². The third-order valence-corrected chi connectivity index (χ3v) is 5.96. The van der Waals surface area contributed by atoms with E-state index in [4.69, 9.17) is 21.1 Å². The maximum Gasteiger partial charge on any atom is 0.333 e. The Kier molecular flexibility index (Phi) is 9.39. The zero-order valence-electron chi connectivity index (χ0n) is 18.8. The highest BCUT2D eigenvalue weighted by Crippen LogP contribution is 2.27. The van der Waals surface area contributed by atoms with Crippen molar-refractivity contribution in [2.75, 3.05) is 31.6 Å². The first-order valence-corrected chi connectivity index (χ1v) is 11.7. The lowest BCUT2D eigenvalue weighted by atomic mass is 9.85. The summed E-state index contributed by atoms with van der Waals surface area (Å²) in [6.07, 6.45) is 2.94. The summed E-state index contributed by atoms with van der Waals surface area (Å²) in [6.45, 7) is 3.65. The van der Waals surface area contributed by atoms with E-state index in [0.29, 0.717) is 55.1 Å². The minimum atomic E-state index is -0.972. The van der Waals surface area contributed by atoms with E-state index >= 15 is 0 Å². The maximum absolute atomic E-state index is 12.8. The fraction of sp³-hybridized carbons (Fsp3) is 0.440. The summed E-state index contributed by atoms with van der Waals surface area (Å²) in [4.78, 5) is 25.9. The van der Waals surface area contributed by atoms with Gasteiger partial charge in [0.05, 0.1) is 6.54 Å². The highest BCUT2D eigenvalue weighted by molar-refractivity contribution is 6.30. The molecule has 178 valence electrons. The summed E-state index contributed by atoms with van der Waals surface area (Å²) < 4.78 is 11.1. The maximum atomic E-state index is 12.8. The number of carbonyl (C=O) groups is 2. The Balaban J connectivity index is 1.51. The van der Waals surface area contributed by atoms with Crippen LogP contribution in [0.5, 0.6) is 5.75 Å². The fourth-order valence-corrected chi connectivity index (χ4v) is 3.75. The van der Waals surface area contributed by atoms with E-state index in [0.717, 1.165) is 18.4 Å². The first kappa shape index (κ1) is 24.9. The number of ether oxygens (including phenoxy) is 2. The van der Waals surface area contributed by atoms with Gasteiger partial charge in [0.1, 0.15) is 12.4 Å². The molecule has 1 saturated carbocycles. The van der Waals surface area contributed by atoms with E-state index in [1.165, 1.54) is 6.42 Å². The van der Waals surface area contributed by atoms with E-state index in [1.807, 2.05) is 24.3 Å². The molecule has 33 heavy (non-hydrogen) atoms. The second kappa shape index (κ2) is 12.5. The van der Waals surface area contributed by atoms with Gasteiger partial charge in [0.25, 0.3) is 0 Å². The fourth-order valence-electron chi connectivity index (χ4n) is 3.63. The Labute approximate surface area is 199 Å². The van der Waals surface area contributed by atoms with Crippen LogP contribution in [-0.4, -0.2) is 54.4 Å². The number of anilines is 1. The van der Waals surface area contributed by atoms with Crippen molar-refractivity contribution in [3.05, 3.63) is 59.1 Å². The monoisotopic (exact) mass is 474 g/mol. The van der Waals surface area contributed by atoms with Crippen molar-refractivity contribution in [2.24, 2.45) is 5.92 Å².